The molecular formula is C32H38ClN3O4Si. The van der Waals surface area contributed by atoms with Gasteiger partial charge in [-0.1, -0.05) is 93.0 Å². The zero-order valence-corrected chi connectivity index (χ0v) is 26.0. The number of hydrogen-bond donors (Lipinski definition) is 1. The van der Waals surface area contributed by atoms with E-state index in [0.717, 1.165) is 11.0 Å². The zero-order chi connectivity index (χ0) is 29.0. The molecule has 6 rings (SSSR count). The molecule has 2 aromatic heterocycles. The van der Waals surface area contributed by atoms with Crippen molar-refractivity contribution in [2.75, 3.05) is 13.2 Å². The van der Waals surface area contributed by atoms with Crippen LogP contribution in [-0.2, 0) is 13.9 Å². The van der Waals surface area contributed by atoms with Crippen molar-refractivity contribution in [3.8, 4) is 0 Å². The quantitative estimate of drug-likeness (QED) is 0.238. The average Bonchev–Trinajstić information content (AvgIpc) is 3.60. The zero-order valence-electron chi connectivity index (χ0n) is 24.3. The van der Waals surface area contributed by atoms with Crippen molar-refractivity contribution in [2.24, 2.45) is 5.41 Å². The molecule has 0 bridgehead atoms. The number of nitrogens with zero attached hydrogens (tertiary/aromatic N) is 3. The third-order valence-corrected chi connectivity index (χ3v) is 14.1. The van der Waals surface area contributed by atoms with Crippen molar-refractivity contribution < 1.29 is 19.0 Å². The van der Waals surface area contributed by atoms with Gasteiger partial charge in [0.2, 0.25) is 0 Å². The molecule has 0 unspecified atom stereocenters. The lowest BCUT2D eigenvalue weighted by Gasteiger charge is -2.45. The van der Waals surface area contributed by atoms with Gasteiger partial charge < -0.3 is 23.6 Å². The molecule has 0 amide bonds. The molecule has 1 N–H and O–H groups in total. The highest BCUT2D eigenvalue weighted by molar-refractivity contribution is 6.99. The molecule has 1 saturated heterocycles. The highest BCUT2D eigenvalue weighted by Crippen LogP contribution is 2.54. The molecule has 1 aliphatic carbocycles. The minimum Gasteiger partial charge on any atom is -0.407 e. The molecule has 2 aromatic carbocycles. The maximum absolute atomic E-state index is 11.2. The Morgan fingerprint density at radius 1 is 1.00 bits per heavy atom. The predicted octanol–water partition coefficient (Wildman–Crippen LogP) is 5.10. The molecule has 0 spiro atoms. The third kappa shape index (κ3) is 4.65. The molecule has 1 aliphatic heterocycles. The first-order valence-corrected chi connectivity index (χ1v) is 16.5. The molecule has 2 aliphatic rings. The lowest BCUT2D eigenvalue weighted by molar-refractivity contribution is -0.175. The molecular weight excluding hydrogens is 554 g/mol. The van der Waals surface area contributed by atoms with Gasteiger partial charge in [0.05, 0.1) is 24.1 Å². The summed E-state index contributed by atoms with van der Waals surface area (Å²) >= 11 is 6.40. The summed E-state index contributed by atoms with van der Waals surface area (Å²) in [5.74, 6) is -0.804. The fraction of sp³-hybridized carbons (Fsp3) is 0.438. The Morgan fingerprint density at radius 2 is 1.63 bits per heavy atom. The monoisotopic (exact) mass is 591 g/mol. The average molecular weight is 592 g/mol. The summed E-state index contributed by atoms with van der Waals surface area (Å²) in [7, 11) is -2.85. The molecule has 4 aromatic rings. The van der Waals surface area contributed by atoms with E-state index in [1.54, 1.807) is 0 Å². The SMILES string of the molecule is CC1(C)O[C@H]2[C@H](n3ccc4c(Cl)ncnc43)C[C@@](CO)(CO[Si](c3ccccc3)(c3ccccc3)C(C)(C)C)[C@H]2O1. The Labute approximate surface area is 247 Å². The Bertz CT molecular complexity index is 1480. The molecule has 9 heteroatoms. The second kappa shape index (κ2) is 10.3. The van der Waals surface area contributed by atoms with Crippen LogP contribution in [0.3, 0.4) is 0 Å². The molecule has 1 saturated carbocycles. The third-order valence-electron chi connectivity index (χ3n) is 8.85. The van der Waals surface area contributed by atoms with E-state index in [9.17, 15) is 5.11 Å². The number of halogens is 1. The molecule has 4 atom stereocenters. The van der Waals surface area contributed by atoms with Crippen LogP contribution in [0.1, 0.15) is 47.1 Å². The van der Waals surface area contributed by atoms with Gasteiger partial charge >= 0.3 is 0 Å². The number of aliphatic hydroxyl groups excluding tert-OH is 1. The van der Waals surface area contributed by atoms with Crippen LogP contribution in [-0.4, -0.2) is 59.2 Å². The van der Waals surface area contributed by atoms with Crippen molar-refractivity contribution in [2.45, 2.75) is 70.1 Å². The summed E-state index contributed by atoms with van der Waals surface area (Å²) < 4.78 is 22.6. The van der Waals surface area contributed by atoms with Gasteiger partial charge in [-0.15, -0.1) is 0 Å². The topological polar surface area (TPSA) is 78.6 Å². The van der Waals surface area contributed by atoms with Crippen LogP contribution in [0.25, 0.3) is 11.0 Å². The summed E-state index contributed by atoms with van der Waals surface area (Å²) in [4.78, 5) is 8.70. The Kier molecular flexibility index (Phi) is 7.16. The number of aliphatic hydroxyl groups is 1. The first kappa shape index (κ1) is 28.5. The number of aromatic nitrogens is 3. The summed E-state index contributed by atoms with van der Waals surface area (Å²) in [6.07, 6.45) is 3.38. The second-order valence-electron chi connectivity index (χ2n) is 12.9. The first-order chi connectivity index (χ1) is 19.5. The van der Waals surface area contributed by atoms with Crippen molar-refractivity contribution >= 4 is 41.3 Å². The fourth-order valence-electron chi connectivity index (χ4n) is 7.01. The van der Waals surface area contributed by atoms with Crippen molar-refractivity contribution in [3.63, 3.8) is 0 Å². The van der Waals surface area contributed by atoms with Crippen LogP contribution in [0.4, 0.5) is 0 Å². The summed E-state index contributed by atoms with van der Waals surface area (Å²) in [6, 6.07) is 23.0. The van der Waals surface area contributed by atoms with Gasteiger partial charge in [-0.05, 0) is 41.7 Å². The van der Waals surface area contributed by atoms with Crippen LogP contribution in [0.2, 0.25) is 10.2 Å². The van der Waals surface area contributed by atoms with Crippen molar-refractivity contribution in [1.29, 1.82) is 0 Å². The van der Waals surface area contributed by atoms with Gasteiger partial charge in [-0.3, -0.25) is 0 Å². The van der Waals surface area contributed by atoms with E-state index in [2.05, 4.69) is 83.8 Å². The number of benzene rings is 2. The van der Waals surface area contributed by atoms with Gasteiger partial charge in [-0.2, -0.15) is 0 Å². The molecule has 2 fully saturated rings. The van der Waals surface area contributed by atoms with Gasteiger partial charge in [0.1, 0.15) is 23.2 Å². The van der Waals surface area contributed by atoms with Crippen molar-refractivity contribution in [1.82, 2.24) is 14.5 Å². The molecule has 0 radical (unpaired) electrons. The van der Waals surface area contributed by atoms with E-state index in [-0.39, 0.29) is 29.9 Å². The van der Waals surface area contributed by atoms with Crippen LogP contribution in [0.5, 0.6) is 0 Å². The first-order valence-electron chi connectivity index (χ1n) is 14.2. The van der Waals surface area contributed by atoms with E-state index < -0.39 is 19.5 Å². The summed E-state index contributed by atoms with van der Waals surface area (Å²) in [6.45, 7) is 10.9. The molecule has 3 heterocycles. The van der Waals surface area contributed by atoms with Crippen LogP contribution in [0.15, 0.2) is 79.3 Å². The van der Waals surface area contributed by atoms with Gasteiger partial charge in [0, 0.05) is 18.2 Å². The lowest BCUT2D eigenvalue weighted by atomic mass is 9.85. The minimum atomic E-state index is -2.85. The highest BCUT2D eigenvalue weighted by atomic mass is 35.5. The smallest absolute Gasteiger partial charge is 0.261 e. The fourth-order valence-corrected chi connectivity index (χ4v) is 11.9. The maximum atomic E-state index is 11.2. The second-order valence-corrected chi connectivity index (χ2v) is 17.6. The predicted molar refractivity (Wildman–Crippen MR) is 163 cm³/mol. The van der Waals surface area contributed by atoms with Crippen LogP contribution < -0.4 is 10.4 Å². The number of ether oxygens (including phenoxy) is 2. The number of hydrogen-bond acceptors (Lipinski definition) is 6. The van der Waals surface area contributed by atoms with Crippen LogP contribution in [0, 0.1) is 5.41 Å². The Morgan fingerprint density at radius 3 is 2.22 bits per heavy atom. The highest BCUT2D eigenvalue weighted by Gasteiger charge is 2.63. The van der Waals surface area contributed by atoms with E-state index in [0.29, 0.717) is 18.2 Å². The number of rotatable bonds is 7. The van der Waals surface area contributed by atoms with Crippen molar-refractivity contribution in [3.05, 3.63) is 84.4 Å². The Hall–Kier alpha value is -2.59. The minimum absolute atomic E-state index is 0.1000. The molecule has 7 nitrogen and oxygen atoms in total. The Balaban J connectivity index is 1.44. The van der Waals surface area contributed by atoms with E-state index in [4.69, 9.17) is 25.5 Å². The van der Waals surface area contributed by atoms with Gasteiger partial charge in [0.15, 0.2) is 5.79 Å². The normalized spacial score (nSPS) is 26.0. The van der Waals surface area contributed by atoms with E-state index in [1.165, 1.54) is 16.7 Å². The summed E-state index contributed by atoms with van der Waals surface area (Å²) in [5.41, 5.74) is 0.0348. The molecule has 216 valence electrons. The number of fused-ring (bicyclic) bond motifs is 2. The van der Waals surface area contributed by atoms with Crippen LogP contribution >= 0.6 is 11.6 Å². The van der Waals surface area contributed by atoms with Gasteiger partial charge in [-0.25, -0.2) is 9.97 Å². The molecule has 41 heavy (non-hydrogen) atoms. The summed E-state index contributed by atoms with van der Waals surface area (Å²) in [5, 5.41) is 14.6. The lowest BCUT2D eigenvalue weighted by Crippen LogP contribution is -2.67. The standard InChI is InChI=1S/C32H38ClN3O4Si/c1-30(2,3)41(22-12-8-6-9-13-22,23-14-10-7-11-15-23)38-20-32(19-37)18-25(26-27(32)40-31(4,5)39-26)36-17-16-24-28(33)34-21-35-29(24)36/h6-17,21,25-27,37H,18-20H2,1-5H3/t25-,26+,27+,32-/m1/s1. The van der Waals surface area contributed by atoms with E-state index in [1.807, 2.05) is 38.2 Å². The maximum Gasteiger partial charge on any atom is 0.261 e. The van der Waals surface area contributed by atoms with Gasteiger partial charge in [0.25, 0.3) is 8.32 Å². The van der Waals surface area contributed by atoms with E-state index >= 15 is 0 Å². The largest absolute Gasteiger partial charge is 0.407 e.